The van der Waals surface area contributed by atoms with Crippen molar-refractivity contribution in [2.45, 2.75) is 26.2 Å². The number of fused-ring (bicyclic) bond motifs is 3. The average molecular weight is 414 g/mol. The molecule has 7 heteroatoms. The fraction of sp³-hybridized carbons (Fsp3) is 0.167. The van der Waals surface area contributed by atoms with E-state index in [0.29, 0.717) is 34.1 Å². The summed E-state index contributed by atoms with van der Waals surface area (Å²) in [5.41, 5.74) is 2.79. The molecule has 1 atom stereocenters. The van der Waals surface area contributed by atoms with Gasteiger partial charge in [0.1, 0.15) is 17.2 Å². The number of hydrogen-bond donors (Lipinski definition) is 0. The molecule has 0 unspecified atom stereocenters. The predicted octanol–water partition coefficient (Wildman–Crippen LogP) is 4.58. The minimum Gasteiger partial charge on any atom is -0.452 e. The third kappa shape index (κ3) is 3.34. The Morgan fingerprint density at radius 3 is 2.61 bits per heavy atom. The first-order valence-electron chi connectivity index (χ1n) is 9.83. The standard InChI is InChI=1S/C24H18N2O5/c1-13(2)22-21(28)16-7-8-18-20(23(16)31-22)17(12-19(27)30-18)14-5-3-6-15(11-14)29-24-25-9-4-10-26-24/h3-11,17H,12H2,1-2H3/t17-/m0/s1. The highest BCUT2D eigenvalue weighted by Gasteiger charge is 2.38. The molecule has 2 aliphatic rings. The van der Waals surface area contributed by atoms with E-state index < -0.39 is 0 Å². The SMILES string of the molecule is CC(C)=C1Oc2c(ccc3c2[C@H](c2cccc(Oc4ncccn4)c2)CC(=O)O3)C1=O. The number of carbonyl (C=O) groups is 2. The summed E-state index contributed by atoms with van der Waals surface area (Å²) in [6.45, 7) is 3.66. The van der Waals surface area contributed by atoms with Crippen LogP contribution in [0.1, 0.15) is 47.7 Å². The van der Waals surface area contributed by atoms with Crippen molar-refractivity contribution in [1.82, 2.24) is 9.97 Å². The van der Waals surface area contributed by atoms with Crippen LogP contribution in [0.15, 0.2) is 66.2 Å². The maximum Gasteiger partial charge on any atom is 0.321 e. The topological polar surface area (TPSA) is 87.6 Å². The van der Waals surface area contributed by atoms with Gasteiger partial charge >= 0.3 is 12.0 Å². The summed E-state index contributed by atoms with van der Waals surface area (Å²) in [6, 6.07) is 12.6. The summed E-state index contributed by atoms with van der Waals surface area (Å²) >= 11 is 0. The molecule has 31 heavy (non-hydrogen) atoms. The number of rotatable bonds is 3. The minimum absolute atomic E-state index is 0.121. The van der Waals surface area contributed by atoms with Crippen LogP contribution < -0.4 is 14.2 Å². The Morgan fingerprint density at radius 1 is 1.03 bits per heavy atom. The Morgan fingerprint density at radius 2 is 1.84 bits per heavy atom. The smallest absolute Gasteiger partial charge is 0.321 e. The van der Waals surface area contributed by atoms with Gasteiger partial charge in [0.15, 0.2) is 5.76 Å². The van der Waals surface area contributed by atoms with Gasteiger partial charge in [-0.05, 0) is 55.3 Å². The Balaban J connectivity index is 1.59. The van der Waals surface area contributed by atoms with Crippen LogP contribution >= 0.6 is 0 Å². The zero-order valence-corrected chi connectivity index (χ0v) is 16.9. The first kappa shape index (κ1) is 19.0. The summed E-state index contributed by atoms with van der Waals surface area (Å²) in [6.07, 6.45) is 3.31. The van der Waals surface area contributed by atoms with Crippen LogP contribution in [0.2, 0.25) is 0 Å². The van der Waals surface area contributed by atoms with E-state index in [4.69, 9.17) is 14.2 Å². The van der Waals surface area contributed by atoms with Crippen molar-refractivity contribution >= 4 is 11.8 Å². The van der Waals surface area contributed by atoms with Crippen molar-refractivity contribution in [3.63, 3.8) is 0 Å². The van der Waals surface area contributed by atoms with Crippen molar-refractivity contribution in [1.29, 1.82) is 0 Å². The molecular formula is C24H18N2O5. The number of aromatic nitrogens is 2. The van der Waals surface area contributed by atoms with E-state index in [2.05, 4.69) is 9.97 Å². The van der Waals surface area contributed by atoms with E-state index in [1.165, 1.54) is 0 Å². The van der Waals surface area contributed by atoms with Gasteiger partial charge in [-0.15, -0.1) is 0 Å². The normalized spacial score (nSPS) is 16.8. The fourth-order valence-electron chi connectivity index (χ4n) is 3.84. The highest BCUT2D eigenvalue weighted by Crippen LogP contribution is 2.49. The Hall–Kier alpha value is -4.00. The van der Waals surface area contributed by atoms with Crippen LogP contribution in [0.3, 0.4) is 0 Å². The number of Topliss-reactive ketones (excluding diaryl/α,β-unsaturated/α-hetero) is 1. The molecule has 3 heterocycles. The first-order valence-corrected chi connectivity index (χ1v) is 9.83. The molecule has 0 bridgehead atoms. The molecule has 0 saturated carbocycles. The van der Waals surface area contributed by atoms with E-state index in [1.54, 1.807) is 36.7 Å². The molecule has 7 nitrogen and oxygen atoms in total. The lowest BCUT2D eigenvalue weighted by Crippen LogP contribution is -2.21. The monoisotopic (exact) mass is 414 g/mol. The lowest BCUT2D eigenvalue weighted by Gasteiger charge is -2.26. The molecule has 3 aromatic rings. The molecule has 2 aliphatic heterocycles. The first-order chi connectivity index (χ1) is 15.0. The van der Waals surface area contributed by atoms with Crippen LogP contribution in [-0.4, -0.2) is 21.7 Å². The molecule has 2 aromatic carbocycles. The molecule has 0 N–H and O–H groups in total. The summed E-state index contributed by atoms with van der Waals surface area (Å²) < 4.78 is 17.2. The Labute approximate surface area is 178 Å². The van der Waals surface area contributed by atoms with Crippen molar-refractivity contribution in [2.24, 2.45) is 0 Å². The van der Waals surface area contributed by atoms with Gasteiger partial charge in [-0.25, -0.2) is 9.97 Å². The Kier molecular flexibility index (Phi) is 4.51. The van der Waals surface area contributed by atoms with E-state index in [9.17, 15) is 9.59 Å². The molecule has 0 saturated heterocycles. The number of hydrogen-bond acceptors (Lipinski definition) is 7. The molecule has 5 rings (SSSR count). The lowest BCUT2D eigenvalue weighted by atomic mass is 9.84. The third-order valence-corrected chi connectivity index (χ3v) is 5.22. The summed E-state index contributed by atoms with van der Waals surface area (Å²) in [4.78, 5) is 33.2. The largest absolute Gasteiger partial charge is 0.452 e. The van der Waals surface area contributed by atoms with Crippen LogP contribution in [0, 0.1) is 0 Å². The number of esters is 1. The zero-order chi connectivity index (χ0) is 21.5. The van der Waals surface area contributed by atoms with Gasteiger partial charge in [-0.3, -0.25) is 9.59 Å². The van der Waals surface area contributed by atoms with E-state index in [-0.39, 0.29) is 30.1 Å². The quantitative estimate of drug-likeness (QED) is 0.352. The number of benzene rings is 2. The molecule has 0 amide bonds. The van der Waals surface area contributed by atoms with Gasteiger partial charge in [0.25, 0.3) is 0 Å². The van der Waals surface area contributed by atoms with Gasteiger partial charge in [-0.2, -0.15) is 0 Å². The van der Waals surface area contributed by atoms with E-state index >= 15 is 0 Å². The molecular weight excluding hydrogens is 396 g/mol. The number of allylic oxidation sites excluding steroid dienone is 2. The highest BCUT2D eigenvalue weighted by atomic mass is 16.5. The van der Waals surface area contributed by atoms with Gasteiger partial charge in [0.2, 0.25) is 5.78 Å². The van der Waals surface area contributed by atoms with Gasteiger partial charge in [-0.1, -0.05) is 12.1 Å². The van der Waals surface area contributed by atoms with E-state index in [1.807, 2.05) is 32.0 Å². The average Bonchev–Trinajstić information content (AvgIpc) is 3.11. The number of nitrogens with zero attached hydrogens (tertiary/aromatic N) is 2. The van der Waals surface area contributed by atoms with Crippen LogP contribution in [-0.2, 0) is 4.79 Å². The van der Waals surface area contributed by atoms with Crippen molar-refractivity contribution in [2.75, 3.05) is 0 Å². The maximum absolute atomic E-state index is 12.8. The second-order valence-corrected chi connectivity index (χ2v) is 7.55. The number of ether oxygens (including phenoxy) is 3. The lowest BCUT2D eigenvalue weighted by molar-refractivity contribution is -0.135. The van der Waals surface area contributed by atoms with Gasteiger partial charge < -0.3 is 14.2 Å². The van der Waals surface area contributed by atoms with Gasteiger partial charge in [0.05, 0.1) is 12.0 Å². The molecule has 0 fully saturated rings. The maximum atomic E-state index is 12.8. The molecule has 154 valence electrons. The molecule has 0 aliphatic carbocycles. The molecule has 1 aromatic heterocycles. The molecule has 0 radical (unpaired) electrons. The zero-order valence-electron chi connectivity index (χ0n) is 16.9. The second-order valence-electron chi connectivity index (χ2n) is 7.55. The van der Waals surface area contributed by atoms with Crippen molar-refractivity contribution < 1.29 is 23.8 Å². The van der Waals surface area contributed by atoms with Crippen LogP contribution in [0.4, 0.5) is 0 Å². The Bertz CT molecular complexity index is 1250. The summed E-state index contributed by atoms with van der Waals surface area (Å²) in [5.74, 6) is 0.856. The van der Waals surface area contributed by atoms with Crippen LogP contribution in [0.5, 0.6) is 23.3 Å². The van der Waals surface area contributed by atoms with Crippen molar-refractivity contribution in [3.05, 3.63) is 82.9 Å². The summed E-state index contributed by atoms with van der Waals surface area (Å²) in [5, 5.41) is 0. The number of ketones is 1. The van der Waals surface area contributed by atoms with E-state index in [0.717, 1.165) is 11.1 Å². The highest BCUT2D eigenvalue weighted by molar-refractivity contribution is 6.13. The number of carbonyl (C=O) groups excluding carboxylic acids is 2. The third-order valence-electron chi connectivity index (χ3n) is 5.22. The van der Waals surface area contributed by atoms with Gasteiger partial charge in [0, 0.05) is 23.9 Å². The molecule has 0 spiro atoms. The van der Waals surface area contributed by atoms with Crippen molar-refractivity contribution in [3.8, 4) is 23.3 Å². The predicted molar refractivity (Wildman–Crippen MR) is 110 cm³/mol. The summed E-state index contributed by atoms with van der Waals surface area (Å²) in [7, 11) is 0. The van der Waals surface area contributed by atoms with Crippen LogP contribution in [0.25, 0.3) is 0 Å². The minimum atomic E-state index is -0.351. The fourth-order valence-corrected chi connectivity index (χ4v) is 3.84. The second kappa shape index (κ2) is 7.36.